The molecule has 1 aliphatic heterocycles. The van der Waals surface area contributed by atoms with Gasteiger partial charge < -0.3 is 5.32 Å². The SMILES string of the molecule is CCc1ccc(CN2CCN[C@H](C)C2)s1. The molecule has 0 unspecified atom stereocenters. The lowest BCUT2D eigenvalue weighted by Crippen LogP contribution is -2.48. The second-order valence-corrected chi connectivity index (χ2v) is 5.56. The molecule has 1 aliphatic rings. The topological polar surface area (TPSA) is 15.3 Å². The number of nitrogens with one attached hydrogen (secondary N) is 1. The zero-order valence-electron chi connectivity index (χ0n) is 9.62. The molecule has 2 nitrogen and oxygen atoms in total. The highest BCUT2D eigenvalue weighted by Gasteiger charge is 2.15. The highest BCUT2D eigenvalue weighted by molar-refractivity contribution is 7.11. The smallest absolute Gasteiger partial charge is 0.0329 e. The van der Waals surface area contributed by atoms with E-state index in [0.717, 1.165) is 13.1 Å². The van der Waals surface area contributed by atoms with Crippen LogP contribution in [0.2, 0.25) is 0 Å². The Kier molecular flexibility index (Phi) is 3.78. The maximum absolute atomic E-state index is 3.48. The molecule has 2 heterocycles. The molecule has 0 amide bonds. The molecular weight excluding hydrogens is 204 g/mol. The third-order valence-corrected chi connectivity index (χ3v) is 4.11. The van der Waals surface area contributed by atoms with Crippen molar-refractivity contribution in [2.75, 3.05) is 19.6 Å². The third kappa shape index (κ3) is 3.03. The largest absolute Gasteiger partial charge is 0.312 e. The van der Waals surface area contributed by atoms with Crippen molar-refractivity contribution in [2.24, 2.45) is 0 Å². The molecule has 0 bridgehead atoms. The van der Waals surface area contributed by atoms with E-state index in [1.807, 2.05) is 11.3 Å². The lowest BCUT2D eigenvalue weighted by molar-refractivity contribution is 0.201. The van der Waals surface area contributed by atoms with Crippen LogP contribution in [0.1, 0.15) is 23.6 Å². The van der Waals surface area contributed by atoms with Gasteiger partial charge in [0, 0.05) is 42.0 Å². The van der Waals surface area contributed by atoms with Crippen LogP contribution in [-0.2, 0) is 13.0 Å². The first kappa shape index (κ1) is 11.1. The fourth-order valence-electron chi connectivity index (χ4n) is 2.07. The van der Waals surface area contributed by atoms with E-state index in [-0.39, 0.29) is 0 Å². The molecule has 15 heavy (non-hydrogen) atoms. The molecule has 3 heteroatoms. The van der Waals surface area contributed by atoms with Crippen LogP contribution in [0, 0.1) is 0 Å². The summed E-state index contributed by atoms with van der Waals surface area (Å²) < 4.78 is 0. The Morgan fingerprint density at radius 2 is 2.27 bits per heavy atom. The fraction of sp³-hybridized carbons (Fsp3) is 0.667. The quantitative estimate of drug-likeness (QED) is 0.846. The molecular formula is C12H20N2S. The van der Waals surface area contributed by atoms with Crippen molar-refractivity contribution in [2.45, 2.75) is 32.9 Å². The molecule has 1 N–H and O–H groups in total. The Labute approximate surface area is 96.3 Å². The lowest BCUT2D eigenvalue weighted by atomic mass is 10.2. The summed E-state index contributed by atoms with van der Waals surface area (Å²) in [5.74, 6) is 0. The van der Waals surface area contributed by atoms with Crippen molar-refractivity contribution >= 4 is 11.3 Å². The molecule has 1 atom stereocenters. The number of thiophene rings is 1. The maximum Gasteiger partial charge on any atom is 0.0329 e. The van der Waals surface area contributed by atoms with Crippen molar-refractivity contribution < 1.29 is 0 Å². The third-order valence-electron chi connectivity index (χ3n) is 2.90. The molecule has 1 fully saturated rings. The highest BCUT2D eigenvalue weighted by atomic mass is 32.1. The van der Waals surface area contributed by atoms with Crippen molar-refractivity contribution in [1.82, 2.24) is 10.2 Å². The van der Waals surface area contributed by atoms with E-state index in [0.29, 0.717) is 6.04 Å². The zero-order valence-corrected chi connectivity index (χ0v) is 10.4. The summed E-state index contributed by atoms with van der Waals surface area (Å²) in [4.78, 5) is 5.57. The monoisotopic (exact) mass is 224 g/mol. The Balaban J connectivity index is 1.90. The fourth-order valence-corrected chi connectivity index (χ4v) is 3.07. The first-order valence-electron chi connectivity index (χ1n) is 5.81. The predicted octanol–water partition coefficient (Wildman–Crippen LogP) is 2.10. The Morgan fingerprint density at radius 3 is 2.93 bits per heavy atom. The number of hydrogen-bond donors (Lipinski definition) is 1. The normalized spacial score (nSPS) is 23.2. The molecule has 84 valence electrons. The second kappa shape index (κ2) is 5.10. The first-order valence-corrected chi connectivity index (χ1v) is 6.63. The summed E-state index contributed by atoms with van der Waals surface area (Å²) in [5.41, 5.74) is 0. The van der Waals surface area contributed by atoms with E-state index < -0.39 is 0 Å². The van der Waals surface area contributed by atoms with Gasteiger partial charge in [-0.05, 0) is 25.5 Å². The molecule has 0 radical (unpaired) electrons. The van der Waals surface area contributed by atoms with Gasteiger partial charge in [0.05, 0.1) is 0 Å². The van der Waals surface area contributed by atoms with Crippen molar-refractivity contribution in [1.29, 1.82) is 0 Å². The van der Waals surface area contributed by atoms with Gasteiger partial charge in [-0.25, -0.2) is 0 Å². The molecule has 0 aromatic carbocycles. The van der Waals surface area contributed by atoms with Gasteiger partial charge in [-0.15, -0.1) is 11.3 Å². The van der Waals surface area contributed by atoms with Gasteiger partial charge in [0.1, 0.15) is 0 Å². The van der Waals surface area contributed by atoms with E-state index in [4.69, 9.17) is 0 Å². The average molecular weight is 224 g/mol. The summed E-state index contributed by atoms with van der Waals surface area (Å²) >= 11 is 1.97. The molecule has 0 spiro atoms. The molecule has 0 aliphatic carbocycles. The van der Waals surface area contributed by atoms with Crippen LogP contribution in [0.3, 0.4) is 0 Å². The van der Waals surface area contributed by atoms with Crippen LogP contribution < -0.4 is 5.32 Å². The van der Waals surface area contributed by atoms with Crippen LogP contribution in [0.5, 0.6) is 0 Å². The van der Waals surface area contributed by atoms with Crippen LogP contribution >= 0.6 is 11.3 Å². The number of nitrogens with zero attached hydrogens (tertiary/aromatic N) is 1. The molecule has 2 rings (SSSR count). The number of rotatable bonds is 3. The highest BCUT2D eigenvalue weighted by Crippen LogP contribution is 2.19. The number of hydrogen-bond acceptors (Lipinski definition) is 3. The van der Waals surface area contributed by atoms with Crippen molar-refractivity contribution in [3.8, 4) is 0 Å². The molecule has 1 aromatic heterocycles. The molecule has 0 saturated carbocycles. The van der Waals surface area contributed by atoms with Gasteiger partial charge in [0.15, 0.2) is 0 Å². The van der Waals surface area contributed by atoms with E-state index in [1.54, 1.807) is 0 Å². The minimum Gasteiger partial charge on any atom is -0.312 e. The maximum atomic E-state index is 3.48. The second-order valence-electron chi connectivity index (χ2n) is 4.31. The van der Waals surface area contributed by atoms with Gasteiger partial charge >= 0.3 is 0 Å². The Bertz CT molecular complexity index is 308. The average Bonchev–Trinajstić information content (AvgIpc) is 2.65. The number of piperazine rings is 1. The van der Waals surface area contributed by atoms with Gasteiger partial charge in [0.2, 0.25) is 0 Å². The summed E-state index contributed by atoms with van der Waals surface area (Å²) in [5, 5.41) is 3.48. The van der Waals surface area contributed by atoms with Crippen LogP contribution in [0.15, 0.2) is 12.1 Å². The van der Waals surface area contributed by atoms with E-state index in [1.165, 1.54) is 29.3 Å². The summed E-state index contributed by atoms with van der Waals surface area (Å²) in [6.07, 6.45) is 1.17. The van der Waals surface area contributed by atoms with Gasteiger partial charge in [-0.2, -0.15) is 0 Å². The van der Waals surface area contributed by atoms with Gasteiger partial charge in [-0.3, -0.25) is 4.90 Å². The van der Waals surface area contributed by atoms with Crippen LogP contribution in [-0.4, -0.2) is 30.6 Å². The van der Waals surface area contributed by atoms with Gasteiger partial charge in [-0.1, -0.05) is 6.92 Å². The van der Waals surface area contributed by atoms with Crippen LogP contribution in [0.25, 0.3) is 0 Å². The van der Waals surface area contributed by atoms with E-state index >= 15 is 0 Å². The Morgan fingerprint density at radius 1 is 1.47 bits per heavy atom. The standard InChI is InChI=1S/C12H20N2S/c1-3-11-4-5-12(15-11)9-14-7-6-13-10(2)8-14/h4-5,10,13H,3,6-9H2,1-2H3/t10-/m1/s1. The number of aryl methyl sites for hydroxylation is 1. The summed E-state index contributed by atoms with van der Waals surface area (Å²) in [6, 6.07) is 5.20. The van der Waals surface area contributed by atoms with Crippen molar-refractivity contribution in [3.63, 3.8) is 0 Å². The van der Waals surface area contributed by atoms with Gasteiger partial charge in [0.25, 0.3) is 0 Å². The van der Waals surface area contributed by atoms with Crippen molar-refractivity contribution in [3.05, 3.63) is 21.9 Å². The first-order chi connectivity index (χ1) is 7.28. The lowest BCUT2D eigenvalue weighted by Gasteiger charge is -2.31. The minimum atomic E-state index is 0.643. The van der Waals surface area contributed by atoms with Crippen LogP contribution in [0.4, 0.5) is 0 Å². The van der Waals surface area contributed by atoms with E-state index in [2.05, 4.69) is 36.2 Å². The predicted molar refractivity (Wildman–Crippen MR) is 66.4 cm³/mol. The zero-order chi connectivity index (χ0) is 10.7. The summed E-state index contributed by atoms with van der Waals surface area (Å²) in [7, 11) is 0. The minimum absolute atomic E-state index is 0.643. The Hall–Kier alpha value is -0.380. The molecule has 1 saturated heterocycles. The summed E-state index contributed by atoms with van der Waals surface area (Å²) in [6.45, 7) is 9.12. The molecule has 1 aromatic rings. The van der Waals surface area contributed by atoms with E-state index in [9.17, 15) is 0 Å².